The zero-order valence-electron chi connectivity index (χ0n) is 10.2. The van der Waals surface area contributed by atoms with Crippen LogP contribution in [0.25, 0.3) is 10.8 Å². The molecule has 0 spiro atoms. The minimum atomic E-state index is -0.937. The number of halogens is 3. The van der Waals surface area contributed by atoms with Crippen LogP contribution in [0.5, 0.6) is 0 Å². The van der Waals surface area contributed by atoms with Gasteiger partial charge in [0.15, 0.2) is 11.6 Å². The van der Waals surface area contributed by atoms with Crippen LogP contribution in [0, 0.1) is 11.6 Å². The molecule has 2 nitrogen and oxygen atoms in total. The van der Waals surface area contributed by atoms with Gasteiger partial charge in [0.1, 0.15) is 5.82 Å². The topological polar surface area (TPSA) is 24.9 Å². The van der Waals surface area contributed by atoms with Gasteiger partial charge in [-0.2, -0.15) is 0 Å². The van der Waals surface area contributed by atoms with Gasteiger partial charge in [-0.1, -0.05) is 29.8 Å². The molecular weight excluding hydrogens is 282 g/mol. The largest absolute Gasteiger partial charge is 0.337 e. The standard InChI is InChI=1S/C15H9ClF2N2/c16-11-4-1-3-10-9(11)7-8-19-15(10)20-13-6-2-5-12(17)14(13)18/h1-8H,(H,19,20). The molecule has 0 aliphatic rings. The third-order valence-corrected chi connectivity index (χ3v) is 3.29. The molecule has 0 fully saturated rings. The summed E-state index contributed by atoms with van der Waals surface area (Å²) < 4.78 is 26.9. The third kappa shape index (κ3) is 2.18. The zero-order valence-corrected chi connectivity index (χ0v) is 11.0. The lowest BCUT2D eigenvalue weighted by atomic mass is 10.1. The van der Waals surface area contributed by atoms with E-state index in [2.05, 4.69) is 10.3 Å². The van der Waals surface area contributed by atoms with E-state index in [1.807, 2.05) is 6.07 Å². The van der Waals surface area contributed by atoms with Gasteiger partial charge in [0, 0.05) is 22.0 Å². The van der Waals surface area contributed by atoms with E-state index in [1.165, 1.54) is 12.1 Å². The molecule has 5 heteroatoms. The molecule has 3 aromatic rings. The average molecular weight is 291 g/mol. The van der Waals surface area contributed by atoms with Gasteiger partial charge < -0.3 is 5.32 Å². The van der Waals surface area contributed by atoms with Gasteiger partial charge in [-0.3, -0.25) is 0 Å². The lowest BCUT2D eigenvalue weighted by Gasteiger charge is -2.10. The summed E-state index contributed by atoms with van der Waals surface area (Å²) in [4.78, 5) is 4.16. The summed E-state index contributed by atoms with van der Waals surface area (Å²) in [5.74, 6) is -1.42. The third-order valence-electron chi connectivity index (χ3n) is 2.96. The Kier molecular flexibility index (Phi) is 3.24. The van der Waals surface area contributed by atoms with Crippen LogP contribution >= 0.6 is 11.6 Å². The van der Waals surface area contributed by atoms with E-state index < -0.39 is 11.6 Å². The lowest BCUT2D eigenvalue weighted by Crippen LogP contribution is -1.98. The maximum atomic E-state index is 13.7. The first-order valence-corrected chi connectivity index (χ1v) is 6.29. The van der Waals surface area contributed by atoms with Crippen molar-refractivity contribution in [1.29, 1.82) is 0 Å². The number of nitrogens with one attached hydrogen (secondary N) is 1. The summed E-state index contributed by atoms with van der Waals surface area (Å²) in [6.45, 7) is 0. The van der Waals surface area contributed by atoms with E-state index in [-0.39, 0.29) is 5.69 Å². The Morgan fingerprint density at radius 3 is 2.60 bits per heavy atom. The fraction of sp³-hybridized carbons (Fsp3) is 0. The molecule has 2 aromatic carbocycles. The van der Waals surface area contributed by atoms with Crippen LogP contribution in [-0.4, -0.2) is 4.98 Å². The van der Waals surface area contributed by atoms with Crippen LogP contribution in [0.4, 0.5) is 20.3 Å². The van der Waals surface area contributed by atoms with Crippen molar-refractivity contribution in [2.75, 3.05) is 5.32 Å². The number of rotatable bonds is 2. The number of benzene rings is 2. The van der Waals surface area contributed by atoms with Crippen molar-refractivity contribution in [3.8, 4) is 0 Å². The minimum absolute atomic E-state index is 0.0324. The summed E-state index contributed by atoms with van der Waals surface area (Å²) in [6.07, 6.45) is 1.56. The molecule has 0 aliphatic carbocycles. The number of hydrogen-bond donors (Lipinski definition) is 1. The summed E-state index contributed by atoms with van der Waals surface area (Å²) in [5.41, 5.74) is 0.0324. The molecule has 0 aliphatic heterocycles. The first-order valence-electron chi connectivity index (χ1n) is 5.91. The van der Waals surface area contributed by atoms with E-state index in [0.717, 1.165) is 16.8 Å². The van der Waals surface area contributed by atoms with Gasteiger partial charge in [-0.15, -0.1) is 0 Å². The van der Waals surface area contributed by atoms with E-state index in [1.54, 1.807) is 24.4 Å². The first-order chi connectivity index (χ1) is 9.66. The van der Waals surface area contributed by atoms with Crippen molar-refractivity contribution >= 4 is 33.9 Å². The first kappa shape index (κ1) is 12.8. The Morgan fingerprint density at radius 2 is 1.75 bits per heavy atom. The second kappa shape index (κ2) is 5.06. The van der Waals surface area contributed by atoms with Gasteiger partial charge in [-0.25, -0.2) is 13.8 Å². The van der Waals surface area contributed by atoms with E-state index in [0.29, 0.717) is 10.8 Å². The van der Waals surface area contributed by atoms with Crippen LogP contribution in [0.1, 0.15) is 0 Å². The zero-order chi connectivity index (χ0) is 14.1. The Balaban J connectivity index is 2.12. The monoisotopic (exact) mass is 290 g/mol. The second-order valence-electron chi connectivity index (χ2n) is 4.22. The van der Waals surface area contributed by atoms with Gasteiger partial charge in [0.25, 0.3) is 0 Å². The van der Waals surface area contributed by atoms with Crippen molar-refractivity contribution in [2.45, 2.75) is 0 Å². The molecule has 0 bridgehead atoms. The Labute approximate surface area is 119 Å². The molecule has 1 heterocycles. The fourth-order valence-corrected chi connectivity index (χ4v) is 2.23. The molecule has 0 saturated heterocycles. The van der Waals surface area contributed by atoms with Crippen LogP contribution < -0.4 is 5.32 Å². The molecule has 0 unspecified atom stereocenters. The molecule has 100 valence electrons. The molecule has 1 N–H and O–H groups in total. The Morgan fingerprint density at radius 1 is 0.950 bits per heavy atom. The van der Waals surface area contributed by atoms with Crippen molar-refractivity contribution in [1.82, 2.24) is 4.98 Å². The van der Waals surface area contributed by atoms with Gasteiger partial charge in [0.2, 0.25) is 0 Å². The minimum Gasteiger partial charge on any atom is -0.337 e. The summed E-state index contributed by atoms with van der Waals surface area (Å²) >= 11 is 6.10. The lowest BCUT2D eigenvalue weighted by molar-refractivity contribution is 0.512. The summed E-state index contributed by atoms with van der Waals surface area (Å²) in [7, 11) is 0. The molecule has 0 saturated carbocycles. The second-order valence-corrected chi connectivity index (χ2v) is 4.63. The highest BCUT2D eigenvalue weighted by Crippen LogP contribution is 2.30. The molecule has 0 atom stereocenters. The highest BCUT2D eigenvalue weighted by molar-refractivity contribution is 6.35. The van der Waals surface area contributed by atoms with Gasteiger partial charge in [-0.05, 0) is 24.3 Å². The predicted molar refractivity (Wildman–Crippen MR) is 76.4 cm³/mol. The SMILES string of the molecule is Fc1cccc(Nc2nccc3c(Cl)cccc23)c1F. The van der Waals surface area contributed by atoms with E-state index in [9.17, 15) is 8.78 Å². The Bertz CT molecular complexity index is 790. The predicted octanol–water partition coefficient (Wildman–Crippen LogP) is 4.91. The van der Waals surface area contributed by atoms with Gasteiger partial charge in [0.05, 0.1) is 5.69 Å². The normalized spacial score (nSPS) is 10.8. The van der Waals surface area contributed by atoms with Crippen LogP contribution in [-0.2, 0) is 0 Å². The molecule has 0 amide bonds. The Hall–Kier alpha value is -2.20. The molecule has 0 radical (unpaired) electrons. The summed E-state index contributed by atoms with van der Waals surface area (Å²) in [6, 6.07) is 11.1. The molecule has 1 aromatic heterocycles. The van der Waals surface area contributed by atoms with Crippen molar-refractivity contribution < 1.29 is 8.78 Å². The van der Waals surface area contributed by atoms with E-state index in [4.69, 9.17) is 11.6 Å². The molecular formula is C15H9ClF2N2. The quantitative estimate of drug-likeness (QED) is 0.725. The van der Waals surface area contributed by atoms with Gasteiger partial charge >= 0.3 is 0 Å². The number of fused-ring (bicyclic) bond motifs is 1. The number of nitrogens with zero attached hydrogens (tertiary/aromatic N) is 1. The highest BCUT2D eigenvalue weighted by atomic mass is 35.5. The van der Waals surface area contributed by atoms with Crippen molar-refractivity contribution in [3.05, 3.63) is 65.3 Å². The number of anilines is 2. The summed E-state index contributed by atoms with van der Waals surface area (Å²) in [5, 5.41) is 4.91. The van der Waals surface area contributed by atoms with Crippen LogP contribution in [0.3, 0.4) is 0 Å². The van der Waals surface area contributed by atoms with Crippen molar-refractivity contribution in [3.63, 3.8) is 0 Å². The van der Waals surface area contributed by atoms with Crippen LogP contribution in [0.2, 0.25) is 5.02 Å². The van der Waals surface area contributed by atoms with Crippen molar-refractivity contribution in [2.24, 2.45) is 0 Å². The maximum absolute atomic E-state index is 13.7. The molecule has 20 heavy (non-hydrogen) atoms. The molecule has 3 rings (SSSR count). The van der Waals surface area contributed by atoms with E-state index >= 15 is 0 Å². The number of aromatic nitrogens is 1. The number of pyridine rings is 1. The highest BCUT2D eigenvalue weighted by Gasteiger charge is 2.10. The van der Waals surface area contributed by atoms with Crippen LogP contribution in [0.15, 0.2) is 48.7 Å². The average Bonchev–Trinajstić information content (AvgIpc) is 2.45. The maximum Gasteiger partial charge on any atom is 0.182 e. The smallest absolute Gasteiger partial charge is 0.182 e. The fourth-order valence-electron chi connectivity index (χ4n) is 2.00. The number of hydrogen-bond acceptors (Lipinski definition) is 2.